The molecule has 5 nitrogen and oxygen atoms in total. The number of hydrogen-bond acceptors (Lipinski definition) is 5. The fraction of sp³-hybridized carbons (Fsp3) is 0.500. The molecular formula is C16H21N3O2. The molecule has 2 unspecified atom stereocenters. The third-order valence-electron chi connectivity index (χ3n) is 4.21. The molecule has 1 aromatic carbocycles. The highest BCUT2D eigenvalue weighted by atomic mass is 16.5. The third kappa shape index (κ3) is 3.24. The molecule has 1 aromatic heterocycles. The van der Waals surface area contributed by atoms with E-state index in [0.29, 0.717) is 11.9 Å². The maximum absolute atomic E-state index is 5.88. The molecule has 1 fully saturated rings. The Hall–Kier alpha value is -1.88. The van der Waals surface area contributed by atoms with Crippen LogP contribution in [-0.2, 0) is 4.74 Å². The molecule has 2 heterocycles. The number of ether oxygens (including phenoxy) is 1. The van der Waals surface area contributed by atoms with Crippen LogP contribution in [0.3, 0.4) is 0 Å². The van der Waals surface area contributed by atoms with Gasteiger partial charge >= 0.3 is 0 Å². The van der Waals surface area contributed by atoms with E-state index >= 15 is 0 Å². The number of benzene rings is 1. The smallest absolute Gasteiger partial charge is 0.247 e. The molecular weight excluding hydrogens is 266 g/mol. The highest BCUT2D eigenvalue weighted by Crippen LogP contribution is 2.30. The average Bonchev–Trinajstić information content (AvgIpc) is 3.02. The number of hydrogen-bond donors (Lipinski definition) is 1. The lowest BCUT2D eigenvalue weighted by Crippen LogP contribution is -2.41. The lowest BCUT2D eigenvalue weighted by Gasteiger charge is -2.38. The quantitative estimate of drug-likeness (QED) is 0.932. The van der Waals surface area contributed by atoms with Crippen molar-refractivity contribution in [3.05, 3.63) is 30.7 Å². The number of anilines is 1. The Kier molecular flexibility index (Phi) is 3.92. The Labute approximate surface area is 124 Å². The molecule has 2 atom stereocenters. The summed E-state index contributed by atoms with van der Waals surface area (Å²) in [6.07, 6.45) is 4.46. The van der Waals surface area contributed by atoms with Crippen LogP contribution in [-0.4, -0.2) is 28.4 Å². The summed E-state index contributed by atoms with van der Waals surface area (Å²) in [5.41, 5.74) is 2.05. The maximum atomic E-state index is 5.88. The van der Waals surface area contributed by atoms with Crippen molar-refractivity contribution in [2.45, 2.75) is 44.8 Å². The summed E-state index contributed by atoms with van der Waals surface area (Å²) in [4.78, 5) is 0. The van der Waals surface area contributed by atoms with Crippen molar-refractivity contribution < 1.29 is 9.15 Å². The molecule has 3 rings (SSSR count). The van der Waals surface area contributed by atoms with E-state index in [9.17, 15) is 0 Å². The van der Waals surface area contributed by atoms with Gasteiger partial charge < -0.3 is 14.5 Å². The Balaban J connectivity index is 1.65. The van der Waals surface area contributed by atoms with Crippen molar-refractivity contribution in [2.24, 2.45) is 0 Å². The molecule has 1 saturated heterocycles. The molecule has 1 N–H and O–H groups in total. The van der Waals surface area contributed by atoms with Crippen LogP contribution in [0.5, 0.6) is 0 Å². The molecule has 0 spiro atoms. The highest BCUT2D eigenvalue weighted by Gasteiger charge is 2.31. The summed E-state index contributed by atoms with van der Waals surface area (Å²) < 4.78 is 11.1. The fourth-order valence-corrected chi connectivity index (χ4v) is 2.74. The molecule has 1 aliphatic rings. The highest BCUT2D eigenvalue weighted by molar-refractivity contribution is 5.58. The molecule has 21 heavy (non-hydrogen) atoms. The predicted octanol–water partition coefficient (Wildman–Crippen LogP) is 3.50. The van der Waals surface area contributed by atoms with Crippen LogP contribution in [0.1, 0.15) is 33.1 Å². The van der Waals surface area contributed by atoms with Gasteiger partial charge in [-0.15, -0.1) is 10.2 Å². The second-order valence-corrected chi connectivity index (χ2v) is 5.81. The lowest BCUT2D eigenvalue weighted by molar-refractivity contribution is -0.0708. The van der Waals surface area contributed by atoms with Crippen molar-refractivity contribution in [1.82, 2.24) is 10.2 Å². The van der Waals surface area contributed by atoms with E-state index in [1.807, 2.05) is 12.1 Å². The molecule has 0 aliphatic carbocycles. The maximum Gasteiger partial charge on any atom is 0.247 e. The molecule has 0 amide bonds. The Morgan fingerprint density at radius 3 is 2.81 bits per heavy atom. The van der Waals surface area contributed by atoms with Gasteiger partial charge in [-0.05, 0) is 50.5 Å². The molecule has 0 saturated carbocycles. The topological polar surface area (TPSA) is 60.2 Å². The average molecular weight is 287 g/mol. The van der Waals surface area contributed by atoms with E-state index in [1.165, 1.54) is 6.39 Å². The van der Waals surface area contributed by atoms with Gasteiger partial charge in [-0.2, -0.15) is 0 Å². The number of nitrogens with zero attached hydrogens (tertiary/aromatic N) is 2. The van der Waals surface area contributed by atoms with Crippen molar-refractivity contribution in [2.75, 3.05) is 11.9 Å². The molecule has 0 bridgehead atoms. The standard InChI is InChI=1S/C16H21N3O2/c1-3-16(2)10-14(8-9-21-16)18-13-6-4-12(5-7-13)15-19-17-11-20-15/h4-7,11,14,18H,3,8-10H2,1-2H3. The van der Waals surface area contributed by atoms with E-state index in [2.05, 4.69) is 41.5 Å². The van der Waals surface area contributed by atoms with E-state index in [0.717, 1.165) is 37.1 Å². The van der Waals surface area contributed by atoms with E-state index in [1.54, 1.807) is 0 Å². The predicted molar refractivity (Wildman–Crippen MR) is 81.0 cm³/mol. The number of aromatic nitrogens is 2. The summed E-state index contributed by atoms with van der Waals surface area (Å²) in [7, 11) is 0. The number of nitrogens with one attached hydrogen (secondary N) is 1. The molecule has 2 aromatic rings. The van der Waals surface area contributed by atoms with Gasteiger partial charge in [0.05, 0.1) is 5.60 Å². The summed E-state index contributed by atoms with van der Waals surface area (Å²) in [5, 5.41) is 11.2. The van der Waals surface area contributed by atoms with Crippen LogP contribution >= 0.6 is 0 Å². The Morgan fingerprint density at radius 1 is 1.33 bits per heavy atom. The van der Waals surface area contributed by atoms with Gasteiger partial charge in [-0.3, -0.25) is 0 Å². The summed E-state index contributed by atoms with van der Waals surface area (Å²) >= 11 is 0. The van der Waals surface area contributed by atoms with E-state index < -0.39 is 0 Å². The Bertz CT molecular complexity index is 568. The van der Waals surface area contributed by atoms with Gasteiger partial charge in [0.25, 0.3) is 0 Å². The van der Waals surface area contributed by atoms with Crippen molar-refractivity contribution >= 4 is 5.69 Å². The van der Waals surface area contributed by atoms with Crippen LogP contribution in [0.25, 0.3) is 11.5 Å². The first-order valence-electron chi connectivity index (χ1n) is 7.46. The summed E-state index contributed by atoms with van der Waals surface area (Å²) in [5.74, 6) is 0.547. The largest absolute Gasteiger partial charge is 0.423 e. The first-order chi connectivity index (χ1) is 10.2. The number of rotatable bonds is 4. The van der Waals surface area contributed by atoms with Crippen LogP contribution in [0, 0.1) is 0 Å². The van der Waals surface area contributed by atoms with Gasteiger partial charge in [0.1, 0.15) is 0 Å². The molecule has 1 aliphatic heterocycles. The second-order valence-electron chi connectivity index (χ2n) is 5.81. The third-order valence-corrected chi connectivity index (χ3v) is 4.21. The first-order valence-corrected chi connectivity index (χ1v) is 7.46. The SMILES string of the molecule is CCC1(C)CC(Nc2ccc(-c3nnco3)cc2)CCO1. The van der Waals surface area contributed by atoms with Crippen molar-refractivity contribution in [3.8, 4) is 11.5 Å². The van der Waals surface area contributed by atoms with Gasteiger partial charge in [0.2, 0.25) is 12.3 Å². The van der Waals surface area contributed by atoms with E-state index in [-0.39, 0.29) is 5.60 Å². The monoisotopic (exact) mass is 287 g/mol. The molecule has 112 valence electrons. The van der Waals surface area contributed by atoms with Gasteiger partial charge in [-0.25, -0.2) is 0 Å². The zero-order valence-corrected chi connectivity index (χ0v) is 12.5. The van der Waals surface area contributed by atoms with Gasteiger partial charge in [0.15, 0.2) is 0 Å². The van der Waals surface area contributed by atoms with Crippen LogP contribution in [0.2, 0.25) is 0 Å². The summed E-state index contributed by atoms with van der Waals surface area (Å²) in [6.45, 7) is 5.20. The fourth-order valence-electron chi connectivity index (χ4n) is 2.74. The van der Waals surface area contributed by atoms with Crippen molar-refractivity contribution in [1.29, 1.82) is 0 Å². The first kappa shape index (κ1) is 14.1. The van der Waals surface area contributed by atoms with Gasteiger partial charge in [0, 0.05) is 23.9 Å². The van der Waals surface area contributed by atoms with Crippen LogP contribution in [0.15, 0.2) is 35.1 Å². The van der Waals surface area contributed by atoms with Crippen LogP contribution in [0.4, 0.5) is 5.69 Å². The normalized spacial score (nSPS) is 25.7. The van der Waals surface area contributed by atoms with Gasteiger partial charge in [-0.1, -0.05) is 6.92 Å². The Morgan fingerprint density at radius 2 is 2.14 bits per heavy atom. The van der Waals surface area contributed by atoms with Crippen LogP contribution < -0.4 is 5.32 Å². The second kappa shape index (κ2) is 5.85. The lowest BCUT2D eigenvalue weighted by atomic mass is 9.90. The molecule has 5 heteroatoms. The van der Waals surface area contributed by atoms with E-state index in [4.69, 9.17) is 9.15 Å². The van der Waals surface area contributed by atoms with Crippen molar-refractivity contribution in [3.63, 3.8) is 0 Å². The zero-order chi connectivity index (χ0) is 14.7. The minimum atomic E-state index is -0.000382. The zero-order valence-electron chi connectivity index (χ0n) is 12.5. The minimum absolute atomic E-state index is 0.000382. The molecule has 0 radical (unpaired) electrons. The summed E-state index contributed by atoms with van der Waals surface area (Å²) in [6, 6.07) is 8.55. The minimum Gasteiger partial charge on any atom is -0.423 e.